The van der Waals surface area contributed by atoms with Crippen molar-refractivity contribution in [3.05, 3.63) is 0 Å². The Hall–Kier alpha value is -1.10. The molecule has 0 aliphatic heterocycles. The van der Waals surface area contributed by atoms with E-state index in [9.17, 15) is 14.4 Å². The second-order valence-electron chi connectivity index (χ2n) is 5.70. The van der Waals surface area contributed by atoms with Gasteiger partial charge in [0.1, 0.15) is 5.88 Å². The molecule has 0 aromatic rings. The number of carboxylic acids is 1. The van der Waals surface area contributed by atoms with Crippen LogP contribution in [0.4, 0.5) is 0 Å². The van der Waals surface area contributed by atoms with E-state index in [1.807, 2.05) is 0 Å². The maximum atomic E-state index is 11.3. The van der Waals surface area contributed by atoms with Gasteiger partial charge in [0, 0.05) is 0 Å². The highest BCUT2D eigenvalue weighted by molar-refractivity contribution is 6.26. The quantitative estimate of drug-likeness (QED) is 0.453. The zero-order chi connectivity index (χ0) is 15.1. The molecule has 0 unspecified atom stereocenters. The zero-order valence-corrected chi connectivity index (χ0v) is 12.4. The molecule has 0 radical (unpaired) electrons. The Morgan fingerprint density at radius 3 is 1.28 bits per heavy atom. The Bertz CT molecular complexity index is 285. The van der Waals surface area contributed by atoms with Gasteiger partial charge in [-0.2, -0.15) is 0 Å². The molecule has 6 heteroatoms. The fourth-order valence-corrected chi connectivity index (χ4v) is 0.390. The van der Waals surface area contributed by atoms with Crippen LogP contribution in [0.5, 0.6) is 0 Å². The van der Waals surface area contributed by atoms with Crippen molar-refractivity contribution >= 4 is 29.5 Å². The first-order chi connectivity index (χ1) is 7.82. The van der Waals surface area contributed by atoms with Crippen LogP contribution in [-0.4, -0.2) is 28.9 Å². The summed E-state index contributed by atoms with van der Waals surface area (Å²) >= 11 is 4.74. The third kappa shape index (κ3) is 10.1. The lowest BCUT2D eigenvalue weighted by atomic mass is 9.95. The van der Waals surface area contributed by atoms with Crippen LogP contribution in [0.1, 0.15) is 41.5 Å². The van der Waals surface area contributed by atoms with Gasteiger partial charge in [0.2, 0.25) is 0 Å². The maximum absolute atomic E-state index is 11.3. The second-order valence-corrected chi connectivity index (χ2v) is 5.97. The summed E-state index contributed by atoms with van der Waals surface area (Å²) < 4.78 is 4.70. The minimum atomic E-state index is -0.980. The molecular weight excluding hydrogens is 260 g/mol. The fourth-order valence-electron chi connectivity index (χ4n) is 0.390. The van der Waals surface area contributed by atoms with Crippen LogP contribution in [0.25, 0.3) is 0 Å². The molecule has 18 heavy (non-hydrogen) atoms. The molecule has 1 N–H and O–H groups in total. The molecule has 0 saturated heterocycles. The third-order valence-electron chi connectivity index (χ3n) is 1.52. The zero-order valence-electron chi connectivity index (χ0n) is 11.7. The van der Waals surface area contributed by atoms with Gasteiger partial charge in [-0.15, -0.1) is 11.6 Å². The van der Waals surface area contributed by atoms with Crippen LogP contribution < -0.4 is 0 Å². The van der Waals surface area contributed by atoms with Gasteiger partial charge in [-0.3, -0.25) is 14.4 Å². The molecule has 0 heterocycles. The number of rotatable bonds is 1. The first-order valence-electron chi connectivity index (χ1n) is 5.37. The summed E-state index contributed by atoms with van der Waals surface area (Å²) in [7, 11) is 0. The van der Waals surface area contributed by atoms with Crippen molar-refractivity contribution in [3.8, 4) is 0 Å². The molecule has 0 bridgehead atoms. The monoisotopic (exact) mass is 280 g/mol. The molecule has 0 aromatic carbocycles. The minimum absolute atomic E-state index is 0.306. The van der Waals surface area contributed by atoms with Crippen molar-refractivity contribution in [3.63, 3.8) is 0 Å². The number of alkyl halides is 1. The van der Waals surface area contributed by atoms with Crippen molar-refractivity contribution in [1.82, 2.24) is 0 Å². The van der Waals surface area contributed by atoms with Crippen molar-refractivity contribution in [2.45, 2.75) is 41.5 Å². The average Bonchev–Trinajstić information content (AvgIpc) is 2.15. The molecule has 0 atom stereocenters. The van der Waals surface area contributed by atoms with Gasteiger partial charge in [0.05, 0.1) is 10.8 Å². The van der Waals surface area contributed by atoms with Crippen molar-refractivity contribution in [2.24, 2.45) is 10.8 Å². The molecule has 0 aliphatic carbocycles. The van der Waals surface area contributed by atoms with Gasteiger partial charge in [-0.05, 0) is 41.5 Å². The van der Waals surface area contributed by atoms with Gasteiger partial charge < -0.3 is 9.84 Å². The van der Waals surface area contributed by atoms with Gasteiger partial charge in [-0.1, -0.05) is 0 Å². The van der Waals surface area contributed by atoms with E-state index in [-0.39, 0.29) is 5.88 Å². The Balaban J connectivity index is 0. The Labute approximate surface area is 112 Å². The van der Waals surface area contributed by atoms with Crippen molar-refractivity contribution in [2.75, 3.05) is 5.88 Å². The summed E-state index contributed by atoms with van der Waals surface area (Å²) in [6, 6.07) is 0. The largest absolute Gasteiger partial charge is 0.480 e. The van der Waals surface area contributed by atoms with Crippen molar-refractivity contribution in [1.29, 1.82) is 0 Å². The van der Waals surface area contributed by atoms with E-state index >= 15 is 0 Å². The number of carbonyl (C=O) groups excluding carboxylic acids is 2. The molecule has 0 amide bonds. The number of hydrogen-bond donors (Lipinski definition) is 1. The van der Waals surface area contributed by atoms with Crippen molar-refractivity contribution < 1.29 is 24.2 Å². The molecule has 0 fully saturated rings. The third-order valence-corrected chi connectivity index (χ3v) is 1.75. The highest BCUT2D eigenvalue weighted by Crippen LogP contribution is 2.20. The molecular formula is C12H21ClO5. The molecule has 0 saturated carbocycles. The Morgan fingerprint density at radius 2 is 1.17 bits per heavy atom. The van der Waals surface area contributed by atoms with Crippen LogP contribution >= 0.6 is 11.6 Å². The fraction of sp³-hybridized carbons (Fsp3) is 0.750. The van der Waals surface area contributed by atoms with E-state index in [1.54, 1.807) is 41.5 Å². The number of esters is 2. The molecule has 5 nitrogen and oxygen atoms in total. The standard InChI is InChI=1S/C10H18O3.C2H3ClO2/c1-9(2,3)7(11)13-8(12)10(4,5)6;3-1-2(4)5/h1-6H3;1H2,(H,4,5). The van der Waals surface area contributed by atoms with E-state index in [4.69, 9.17) is 21.4 Å². The van der Waals surface area contributed by atoms with Crippen LogP contribution in [-0.2, 0) is 19.1 Å². The molecule has 0 spiro atoms. The normalized spacial score (nSPS) is 11.1. The first-order valence-corrected chi connectivity index (χ1v) is 5.90. The Morgan fingerprint density at radius 1 is 0.944 bits per heavy atom. The predicted octanol–water partition coefficient (Wildman–Crippen LogP) is 2.46. The van der Waals surface area contributed by atoms with Gasteiger partial charge >= 0.3 is 17.9 Å². The number of carboxylic acid groups (broad SMARTS) is 1. The van der Waals surface area contributed by atoms with E-state index in [2.05, 4.69) is 0 Å². The van der Waals surface area contributed by atoms with E-state index in [1.165, 1.54) is 0 Å². The second kappa shape index (κ2) is 7.36. The number of halogens is 1. The van der Waals surface area contributed by atoms with Crippen LogP contribution in [0.15, 0.2) is 0 Å². The topological polar surface area (TPSA) is 80.7 Å². The van der Waals surface area contributed by atoms with Crippen LogP contribution in [0.2, 0.25) is 0 Å². The summed E-state index contributed by atoms with van der Waals surface area (Å²) in [5, 5.41) is 7.59. The molecule has 106 valence electrons. The van der Waals surface area contributed by atoms with E-state index < -0.39 is 28.7 Å². The maximum Gasteiger partial charge on any atom is 0.318 e. The average molecular weight is 281 g/mol. The lowest BCUT2D eigenvalue weighted by Crippen LogP contribution is -2.31. The lowest BCUT2D eigenvalue weighted by molar-refractivity contribution is -0.171. The number of carbonyl (C=O) groups is 3. The number of ether oxygens (including phenoxy) is 1. The SMILES string of the molecule is CC(C)(C)C(=O)OC(=O)C(C)(C)C.O=C(O)CCl. The lowest BCUT2D eigenvalue weighted by Gasteiger charge is -2.20. The number of hydrogen-bond acceptors (Lipinski definition) is 4. The summed E-state index contributed by atoms with van der Waals surface area (Å²) in [6.07, 6.45) is 0. The van der Waals surface area contributed by atoms with Crippen LogP contribution in [0.3, 0.4) is 0 Å². The van der Waals surface area contributed by atoms with Gasteiger partial charge in [0.15, 0.2) is 0 Å². The predicted molar refractivity (Wildman–Crippen MR) is 68.4 cm³/mol. The van der Waals surface area contributed by atoms with Crippen LogP contribution in [0, 0.1) is 10.8 Å². The first kappa shape index (κ1) is 19.2. The van der Waals surface area contributed by atoms with E-state index in [0.29, 0.717) is 0 Å². The van der Waals surface area contributed by atoms with Gasteiger partial charge in [0.25, 0.3) is 0 Å². The minimum Gasteiger partial charge on any atom is -0.480 e. The highest BCUT2D eigenvalue weighted by atomic mass is 35.5. The summed E-state index contributed by atoms with van der Waals surface area (Å²) in [4.78, 5) is 31.8. The molecule has 0 aromatic heterocycles. The Kier molecular flexibility index (Phi) is 7.87. The molecule has 0 rings (SSSR count). The summed E-state index contributed by atoms with van der Waals surface area (Å²) in [5.41, 5.74) is -1.25. The summed E-state index contributed by atoms with van der Waals surface area (Å²) in [6.45, 7) is 10.3. The summed E-state index contributed by atoms with van der Waals surface area (Å²) in [5.74, 6) is -2.24. The smallest absolute Gasteiger partial charge is 0.318 e. The highest BCUT2D eigenvalue weighted by Gasteiger charge is 2.31. The van der Waals surface area contributed by atoms with Gasteiger partial charge in [-0.25, -0.2) is 0 Å². The van der Waals surface area contributed by atoms with E-state index in [0.717, 1.165) is 0 Å². The number of aliphatic carboxylic acids is 1. The molecule has 0 aliphatic rings.